The zero-order valence-electron chi connectivity index (χ0n) is 79.0. The van der Waals surface area contributed by atoms with Gasteiger partial charge in [0, 0.05) is 111 Å². The Balaban J connectivity index is 0.000000110. The van der Waals surface area contributed by atoms with Gasteiger partial charge in [-0.15, -0.1) is 0 Å². The Morgan fingerprint density at radius 3 is 0.732 bits per heavy atom. The Bertz CT molecular complexity index is 8470. The van der Waals surface area contributed by atoms with Gasteiger partial charge >= 0.3 is 0 Å². The predicted octanol–water partition coefficient (Wildman–Crippen LogP) is 36.0. The minimum absolute atomic E-state index is 0.129. The fraction of sp³-hybridized carbons (Fsp3) is 0.0769. The van der Waals surface area contributed by atoms with Gasteiger partial charge in [0.2, 0.25) is 0 Å². The topological polar surface area (TPSA) is 67.8 Å². The van der Waals surface area contributed by atoms with Crippen molar-refractivity contribution in [3.05, 3.63) is 508 Å². The van der Waals surface area contributed by atoms with Crippen LogP contribution in [0.4, 0.5) is 45.5 Å². The lowest BCUT2D eigenvalue weighted by Gasteiger charge is -2.20. The van der Waals surface area contributed by atoms with Gasteiger partial charge in [0.25, 0.3) is 0 Å². The Hall–Kier alpha value is -17.2. The maximum absolute atomic E-state index is 3.57. The van der Waals surface area contributed by atoms with Crippen LogP contribution >= 0.6 is 0 Å². The molecule has 0 saturated heterocycles. The average Bonchev–Trinajstić information content (AvgIpc) is 1.61. The van der Waals surface area contributed by atoms with Crippen LogP contribution in [0.15, 0.2) is 485 Å². The van der Waals surface area contributed by atoms with Crippen LogP contribution in [-0.4, -0.2) is 18.3 Å². The summed E-state index contributed by atoms with van der Waals surface area (Å²) in [5.41, 5.74) is 38.6. The number of benzene rings is 20. The molecule has 0 radical (unpaired) electrons. The van der Waals surface area contributed by atoms with Gasteiger partial charge in [-0.05, 0) is 304 Å². The molecule has 20 aromatic carbocycles. The molecule has 8 nitrogen and oxygen atoms in total. The maximum atomic E-state index is 3.57. The van der Waals surface area contributed by atoms with Gasteiger partial charge in [-0.1, -0.05) is 315 Å². The number of nitrogens with one attached hydrogen (secondary N) is 4. The van der Waals surface area contributed by atoms with Crippen molar-refractivity contribution in [1.82, 2.24) is 18.3 Å². The molecule has 138 heavy (non-hydrogen) atoms. The largest absolute Gasteiger partial charge is 0.356 e. The molecule has 0 spiro atoms. The highest BCUT2D eigenvalue weighted by molar-refractivity contribution is 6.14. The number of aryl methyl sites for hydroxylation is 2. The lowest BCUT2D eigenvalue weighted by molar-refractivity contribution is 0.590. The molecule has 0 aliphatic carbocycles. The van der Waals surface area contributed by atoms with Crippen molar-refractivity contribution in [3.63, 3.8) is 0 Å². The molecule has 0 bridgehead atoms. The van der Waals surface area contributed by atoms with Crippen LogP contribution in [0.5, 0.6) is 0 Å². The molecule has 4 aromatic heterocycles. The van der Waals surface area contributed by atoms with E-state index in [9.17, 15) is 0 Å². The molecule has 0 fully saturated rings. The van der Waals surface area contributed by atoms with Crippen molar-refractivity contribution in [3.8, 4) is 67.3 Å². The summed E-state index contributed by atoms with van der Waals surface area (Å²) in [6.07, 6.45) is 0. The molecular formula is C130H108N8. The first-order chi connectivity index (χ1) is 67.5. The summed E-state index contributed by atoms with van der Waals surface area (Å²) < 4.78 is 9.41. The van der Waals surface area contributed by atoms with Gasteiger partial charge in [0.15, 0.2) is 0 Å². The number of hydrogen-bond donors (Lipinski definition) is 4. The molecule has 0 saturated carbocycles. The van der Waals surface area contributed by atoms with Crippen molar-refractivity contribution in [2.24, 2.45) is 0 Å². The number of nitrogens with zero attached hydrogens (tertiary/aromatic N) is 4. The highest BCUT2D eigenvalue weighted by Crippen LogP contribution is 2.43. The minimum atomic E-state index is 0.129. The van der Waals surface area contributed by atoms with Crippen LogP contribution in [0, 0.1) is 13.8 Å². The molecule has 0 aliphatic heterocycles. The summed E-state index contributed by atoms with van der Waals surface area (Å²) >= 11 is 0. The van der Waals surface area contributed by atoms with Gasteiger partial charge in [-0.2, -0.15) is 0 Å². The fourth-order valence-electron chi connectivity index (χ4n) is 19.2. The van der Waals surface area contributed by atoms with Crippen LogP contribution in [0.25, 0.3) is 154 Å². The summed E-state index contributed by atoms with van der Waals surface area (Å²) in [6.45, 7) is 17.7. The van der Waals surface area contributed by atoms with Gasteiger partial charge in [-0.3, -0.25) is 0 Å². The molecule has 8 heteroatoms. The van der Waals surface area contributed by atoms with Gasteiger partial charge in [-0.25, -0.2) is 0 Å². The molecule has 4 N–H and O–H groups in total. The van der Waals surface area contributed by atoms with Crippen LogP contribution < -0.4 is 21.3 Å². The van der Waals surface area contributed by atoms with E-state index in [2.05, 4.69) is 580 Å². The van der Waals surface area contributed by atoms with Crippen LogP contribution in [0.3, 0.4) is 0 Å². The second kappa shape index (κ2) is 38.0. The lowest BCUT2D eigenvalue weighted by Crippen LogP contribution is -2.10. The summed E-state index contributed by atoms with van der Waals surface area (Å²) in [5, 5.41) is 24.3. The predicted molar refractivity (Wildman–Crippen MR) is 591 cm³/mol. The zero-order chi connectivity index (χ0) is 93.8. The third-order valence-corrected chi connectivity index (χ3v) is 26.4. The summed E-state index contributed by atoms with van der Waals surface area (Å²) in [7, 11) is 0. The second-order valence-corrected chi connectivity index (χ2v) is 37.8. The second-order valence-electron chi connectivity index (χ2n) is 37.8. The maximum Gasteiger partial charge on any atom is 0.0541 e. The van der Waals surface area contributed by atoms with Gasteiger partial charge < -0.3 is 39.5 Å². The van der Waals surface area contributed by atoms with E-state index in [1.54, 1.807) is 0 Å². The van der Waals surface area contributed by atoms with Crippen molar-refractivity contribution in [1.29, 1.82) is 0 Å². The first-order valence-corrected chi connectivity index (χ1v) is 47.7. The van der Waals surface area contributed by atoms with Gasteiger partial charge in [0.1, 0.15) is 0 Å². The van der Waals surface area contributed by atoms with E-state index in [-0.39, 0.29) is 10.8 Å². The molecule has 0 atom stereocenters. The monoisotopic (exact) mass is 1780 g/mol. The van der Waals surface area contributed by atoms with E-state index in [1.165, 1.54) is 177 Å². The number of hydrogen-bond acceptors (Lipinski definition) is 4. The number of anilines is 8. The molecule has 24 aromatic rings. The van der Waals surface area contributed by atoms with Crippen molar-refractivity contribution in [2.45, 2.75) is 66.2 Å². The number of aromatic nitrogens is 4. The highest BCUT2D eigenvalue weighted by atomic mass is 15.0. The number of fused-ring (bicyclic) bond motifs is 12. The van der Waals surface area contributed by atoms with E-state index < -0.39 is 0 Å². The number of rotatable bonds is 16. The highest BCUT2D eigenvalue weighted by Gasteiger charge is 2.21. The Morgan fingerprint density at radius 1 is 0.167 bits per heavy atom. The fourth-order valence-corrected chi connectivity index (χ4v) is 19.2. The molecule has 4 heterocycles. The molecule has 0 aliphatic rings. The summed E-state index contributed by atoms with van der Waals surface area (Å²) in [4.78, 5) is 0. The van der Waals surface area contributed by atoms with E-state index in [0.29, 0.717) is 0 Å². The third-order valence-electron chi connectivity index (χ3n) is 26.4. The summed E-state index contributed by atoms with van der Waals surface area (Å²) in [6, 6.07) is 173. The minimum Gasteiger partial charge on any atom is -0.356 e. The molecule has 0 unspecified atom stereocenters. The van der Waals surface area contributed by atoms with Crippen molar-refractivity contribution >= 4 is 133 Å². The third kappa shape index (κ3) is 18.3. The normalized spacial score (nSPS) is 11.5. The van der Waals surface area contributed by atoms with Crippen LogP contribution in [-0.2, 0) is 10.8 Å². The number of para-hydroxylation sites is 9. The van der Waals surface area contributed by atoms with E-state index >= 15 is 0 Å². The Labute approximate surface area is 807 Å². The zero-order valence-corrected chi connectivity index (χ0v) is 79.0. The van der Waals surface area contributed by atoms with Crippen LogP contribution in [0.2, 0.25) is 0 Å². The van der Waals surface area contributed by atoms with E-state index in [4.69, 9.17) is 0 Å². The Kier molecular flexibility index (Phi) is 24.1. The smallest absolute Gasteiger partial charge is 0.0541 e. The summed E-state index contributed by atoms with van der Waals surface area (Å²) in [5.74, 6) is 0. The van der Waals surface area contributed by atoms with E-state index in [1.807, 2.05) is 0 Å². The SMILES string of the molecule is CC(C)(C)c1ccc(Nc2ccc(-c3ccc4c(c3)c3ccccc3n4-c3ccccc3)cc2)cc1.CC(C)(C)c1cccc(Nc2ccc(-c3ccc4c(c3)c3ccccc3n4-c3ccccc3)cc2)c1.Cc1cccc(Nc2ccc(-c3ccc4c(c3)c3ccccc3n4-c3ccccc3)cc2)c1.Cc1ccccc1Nc1ccc(-c2ccc3c(c2)c2ccccc2n3-c2ccccc2)cc1. The molecule has 24 rings (SSSR count). The molecule has 668 valence electrons. The average molecular weight is 1780 g/mol. The standard InChI is InChI=1S/2C34H30N2.2C31H24N2/c1-34(2,3)26-10-9-11-28(23-26)35-27-19-16-24(17-20-27)25-18-21-33-31(22-25)30-14-7-8-15-32(30)36(33)29-12-5-4-6-13-29;1-34(2,3)26-16-20-28(21-17-26)35-27-18-13-24(14-19-27)25-15-22-33-31(23-25)30-11-7-8-12-32(30)36(33)29-9-5-4-6-10-29;1-22-9-5-7-13-29(22)32-25-18-15-23(16-19-25)24-17-20-31-28(21-24)27-12-6-8-14-30(27)33(31)26-10-3-2-4-11-26;1-22-8-7-9-26(20-22)32-25-17-14-23(15-18-25)24-16-19-31-29(21-24)28-12-5-6-13-30(28)33(31)27-10-3-2-4-11-27/h2*4-23,35H,1-3H3;2*2-21,32H,1H3. The molecular weight excluding hydrogens is 1670 g/mol. The Morgan fingerprint density at radius 2 is 0.420 bits per heavy atom. The first kappa shape index (κ1) is 87.5. The first-order valence-electron chi connectivity index (χ1n) is 47.7. The van der Waals surface area contributed by atoms with Gasteiger partial charge in [0.05, 0.1) is 44.1 Å². The molecule has 0 amide bonds. The van der Waals surface area contributed by atoms with E-state index in [0.717, 1.165) is 45.5 Å². The lowest BCUT2D eigenvalue weighted by atomic mass is 9.87. The van der Waals surface area contributed by atoms with Crippen LogP contribution in [0.1, 0.15) is 63.8 Å². The van der Waals surface area contributed by atoms with Crippen molar-refractivity contribution < 1.29 is 0 Å². The van der Waals surface area contributed by atoms with Crippen molar-refractivity contribution in [2.75, 3.05) is 21.3 Å². The quantitative estimate of drug-likeness (QED) is 0.0778.